The Kier molecular flexibility index (Phi) is 6.51. The molecule has 1 aromatic carbocycles. The molecule has 2 heterocycles. The minimum atomic E-state index is -4.39. The Labute approximate surface area is 198 Å². The molecule has 0 saturated heterocycles. The monoisotopic (exact) mass is 471 g/mol. The number of aromatic amines is 2. The van der Waals surface area contributed by atoms with Crippen molar-refractivity contribution in [1.29, 1.82) is 0 Å². The maximum Gasteiger partial charge on any atom is 0.416 e. The Morgan fingerprint density at radius 3 is 2.29 bits per heavy atom. The van der Waals surface area contributed by atoms with Crippen molar-refractivity contribution in [2.24, 2.45) is 5.92 Å². The van der Waals surface area contributed by atoms with Crippen LogP contribution in [0.3, 0.4) is 0 Å². The normalized spacial score (nSPS) is 20.3. The summed E-state index contributed by atoms with van der Waals surface area (Å²) in [6, 6.07) is 5.76. The van der Waals surface area contributed by atoms with Gasteiger partial charge in [0.25, 0.3) is 0 Å². The van der Waals surface area contributed by atoms with Gasteiger partial charge in [-0.2, -0.15) is 13.2 Å². The Bertz CT molecular complexity index is 1060. The molecule has 8 heteroatoms. The third-order valence-corrected chi connectivity index (χ3v) is 7.58. The number of H-pyrrole nitrogens is 2. The zero-order valence-corrected chi connectivity index (χ0v) is 19.3. The molecule has 1 atom stereocenters. The number of hydrogen-bond acceptors (Lipinski definition) is 3. The molecule has 34 heavy (non-hydrogen) atoms. The lowest BCUT2D eigenvalue weighted by molar-refractivity contribution is -0.137. The van der Waals surface area contributed by atoms with Crippen LogP contribution in [0.4, 0.5) is 13.2 Å². The second-order valence-corrected chi connectivity index (χ2v) is 9.78. The van der Waals surface area contributed by atoms with Crippen LogP contribution in [-0.4, -0.2) is 26.0 Å². The van der Waals surface area contributed by atoms with Crippen molar-refractivity contribution >= 4 is 0 Å². The van der Waals surface area contributed by atoms with E-state index in [0.717, 1.165) is 56.2 Å². The lowest BCUT2D eigenvalue weighted by Gasteiger charge is -2.43. The molecule has 182 valence electrons. The van der Waals surface area contributed by atoms with E-state index in [1.165, 1.54) is 37.8 Å². The third kappa shape index (κ3) is 4.52. The van der Waals surface area contributed by atoms with E-state index in [9.17, 15) is 13.2 Å². The number of halogens is 3. The molecule has 2 aromatic heterocycles. The molecular formula is C26H32F3N5. The first-order valence-electron chi connectivity index (χ1n) is 12.5. The topological polar surface area (TPSA) is 69.4 Å². The van der Waals surface area contributed by atoms with E-state index in [4.69, 9.17) is 9.97 Å². The first-order valence-corrected chi connectivity index (χ1v) is 12.5. The van der Waals surface area contributed by atoms with E-state index >= 15 is 0 Å². The quantitative estimate of drug-likeness (QED) is 0.381. The molecule has 5 rings (SSSR count). The number of nitrogens with one attached hydrogen (secondary N) is 3. The summed E-state index contributed by atoms with van der Waals surface area (Å²) >= 11 is 0. The van der Waals surface area contributed by atoms with Gasteiger partial charge in [0.05, 0.1) is 17.5 Å². The summed E-state index contributed by atoms with van der Waals surface area (Å²) < 4.78 is 40.0. The van der Waals surface area contributed by atoms with Gasteiger partial charge in [-0.15, -0.1) is 0 Å². The van der Waals surface area contributed by atoms with Crippen LogP contribution < -0.4 is 5.32 Å². The fourth-order valence-corrected chi connectivity index (χ4v) is 5.87. The van der Waals surface area contributed by atoms with Crippen molar-refractivity contribution in [2.45, 2.75) is 82.0 Å². The number of rotatable bonds is 6. The average Bonchev–Trinajstić information content (AvgIpc) is 3.57. The SMILES string of the molecule is FC(F)(F)c1cccc(-c2cnc([C@@](NC3CCCCC3)(c3ncc[nH]3)C3CCCCC3)[nH]2)c1. The number of hydrogen-bond donors (Lipinski definition) is 3. The number of imidazole rings is 2. The molecule has 0 spiro atoms. The van der Waals surface area contributed by atoms with Crippen LogP contribution >= 0.6 is 0 Å². The lowest BCUT2D eigenvalue weighted by atomic mass is 9.72. The van der Waals surface area contributed by atoms with Crippen LogP contribution in [-0.2, 0) is 11.7 Å². The van der Waals surface area contributed by atoms with Crippen molar-refractivity contribution in [3.05, 3.63) is 60.1 Å². The highest BCUT2D eigenvalue weighted by Gasteiger charge is 2.48. The molecule has 5 nitrogen and oxygen atoms in total. The van der Waals surface area contributed by atoms with E-state index in [2.05, 4.69) is 15.3 Å². The van der Waals surface area contributed by atoms with Crippen LogP contribution in [0, 0.1) is 5.92 Å². The molecule has 2 aliphatic rings. The molecule has 0 unspecified atom stereocenters. The highest BCUT2D eigenvalue weighted by molar-refractivity contribution is 5.60. The van der Waals surface area contributed by atoms with Gasteiger partial charge in [-0.05, 0) is 43.7 Å². The summed E-state index contributed by atoms with van der Waals surface area (Å²) in [6.45, 7) is 0. The maximum atomic E-state index is 13.3. The Hall–Kier alpha value is -2.61. The number of benzene rings is 1. The minimum Gasteiger partial charge on any atom is -0.347 e. The van der Waals surface area contributed by atoms with Gasteiger partial charge in [0.15, 0.2) is 0 Å². The molecule has 0 bridgehead atoms. The molecule has 2 saturated carbocycles. The Morgan fingerprint density at radius 2 is 1.62 bits per heavy atom. The van der Waals surface area contributed by atoms with E-state index in [1.54, 1.807) is 18.5 Å². The fourth-order valence-electron chi connectivity index (χ4n) is 5.87. The average molecular weight is 472 g/mol. The number of nitrogens with zero attached hydrogens (tertiary/aromatic N) is 2. The molecule has 0 radical (unpaired) electrons. The van der Waals surface area contributed by atoms with Crippen molar-refractivity contribution in [1.82, 2.24) is 25.3 Å². The zero-order valence-electron chi connectivity index (χ0n) is 19.3. The molecule has 2 fully saturated rings. The van der Waals surface area contributed by atoms with Crippen LogP contribution in [0.25, 0.3) is 11.3 Å². The second-order valence-electron chi connectivity index (χ2n) is 9.78. The standard InChI is InChI=1S/C26H32F3N5/c27-26(28,29)20-11-7-8-18(16-20)22-17-32-24(33-22)25(23-30-14-15-31-23,19-9-3-1-4-10-19)34-21-12-5-2-6-13-21/h7-8,11,14-17,19,21,34H,1-6,9-10,12-13H2,(H,30,31)(H,32,33)/t25-/m0/s1. The Balaban J connectivity index is 1.59. The molecule has 3 aromatic rings. The molecule has 2 aliphatic carbocycles. The first kappa shape index (κ1) is 23.1. The summed E-state index contributed by atoms with van der Waals surface area (Å²) in [4.78, 5) is 16.3. The van der Waals surface area contributed by atoms with Gasteiger partial charge in [0.1, 0.15) is 17.2 Å². The van der Waals surface area contributed by atoms with Crippen molar-refractivity contribution < 1.29 is 13.2 Å². The van der Waals surface area contributed by atoms with Crippen LogP contribution in [0.5, 0.6) is 0 Å². The highest BCUT2D eigenvalue weighted by atomic mass is 19.4. The van der Waals surface area contributed by atoms with Crippen LogP contribution in [0.2, 0.25) is 0 Å². The summed E-state index contributed by atoms with van der Waals surface area (Å²) in [6.07, 6.45) is 12.4. The van der Waals surface area contributed by atoms with Gasteiger partial charge in [-0.1, -0.05) is 50.7 Å². The number of aromatic nitrogens is 4. The first-order chi connectivity index (χ1) is 16.5. The fraction of sp³-hybridized carbons (Fsp3) is 0.538. The smallest absolute Gasteiger partial charge is 0.347 e. The van der Waals surface area contributed by atoms with E-state index in [-0.39, 0.29) is 5.92 Å². The van der Waals surface area contributed by atoms with E-state index < -0.39 is 17.3 Å². The van der Waals surface area contributed by atoms with Crippen molar-refractivity contribution in [3.8, 4) is 11.3 Å². The molecule has 0 amide bonds. The zero-order chi connectivity index (χ0) is 23.6. The maximum absolute atomic E-state index is 13.3. The van der Waals surface area contributed by atoms with Crippen molar-refractivity contribution in [2.75, 3.05) is 0 Å². The predicted octanol–water partition coefficient (Wildman–Crippen LogP) is 6.56. The van der Waals surface area contributed by atoms with Gasteiger partial charge >= 0.3 is 6.18 Å². The lowest BCUT2D eigenvalue weighted by Crippen LogP contribution is -2.55. The van der Waals surface area contributed by atoms with E-state index in [0.29, 0.717) is 17.3 Å². The minimum absolute atomic E-state index is 0.287. The molecular weight excluding hydrogens is 439 g/mol. The Morgan fingerprint density at radius 1 is 0.882 bits per heavy atom. The molecule has 0 aliphatic heterocycles. The van der Waals surface area contributed by atoms with Crippen LogP contribution in [0.1, 0.15) is 81.4 Å². The second kappa shape index (κ2) is 9.56. The van der Waals surface area contributed by atoms with Crippen molar-refractivity contribution in [3.63, 3.8) is 0 Å². The van der Waals surface area contributed by atoms with E-state index in [1.807, 2.05) is 6.20 Å². The summed E-state index contributed by atoms with van der Waals surface area (Å²) in [7, 11) is 0. The summed E-state index contributed by atoms with van der Waals surface area (Å²) in [5.74, 6) is 1.84. The van der Waals surface area contributed by atoms with Gasteiger partial charge in [-0.25, -0.2) is 9.97 Å². The van der Waals surface area contributed by atoms with Gasteiger partial charge in [0.2, 0.25) is 0 Å². The van der Waals surface area contributed by atoms with Crippen LogP contribution in [0.15, 0.2) is 42.9 Å². The number of alkyl halides is 3. The van der Waals surface area contributed by atoms with Gasteiger partial charge < -0.3 is 9.97 Å². The van der Waals surface area contributed by atoms with Gasteiger partial charge in [0, 0.05) is 24.0 Å². The van der Waals surface area contributed by atoms with Gasteiger partial charge in [-0.3, -0.25) is 5.32 Å². The third-order valence-electron chi connectivity index (χ3n) is 7.58. The summed E-state index contributed by atoms with van der Waals surface area (Å²) in [5, 5.41) is 3.99. The summed E-state index contributed by atoms with van der Waals surface area (Å²) in [5.41, 5.74) is -0.237. The predicted molar refractivity (Wildman–Crippen MR) is 125 cm³/mol. The highest BCUT2D eigenvalue weighted by Crippen LogP contribution is 2.43. The molecule has 3 N–H and O–H groups in total. The largest absolute Gasteiger partial charge is 0.416 e.